The Balaban J connectivity index is 2.37. The predicted molar refractivity (Wildman–Crippen MR) is 71.9 cm³/mol. The van der Waals surface area contributed by atoms with Gasteiger partial charge in [0, 0.05) is 18.8 Å². The van der Waals surface area contributed by atoms with Gasteiger partial charge >= 0.3 is 0 Å². The number of hydrogen-bond donors (Lipinski definition) is 1. The fourth-order valence-corrected chi connectivity index (χ4v) is 1.79. The smallest absolute Gasteiger partial charge is 0.125 e. The lowest BCUT2D eigenvalue weighted by Gasteiger charge is -2.21. The van der Waals surface area contributed by atoms with E-state index in [-0.39, 0.29) is 5.82 Å². The molecule has 3 nitrogen and oxygen atoms in total. The zero-order valence-corrected chi connectivity index (χ0v) is 10.4. The lowest BCUT2D eigenvalue weighted by molar-refractivity contribution is 0.415. The lowest BCUT2D eigenvalue weighted by atomic mass is 10.2. The molecule has 0 spiro atoms. The van der Waals surface area contributed by atoms with Crippen molar-refractivity contribution < 1.29 is 9.13 Å². The van der Waals surface area contributed by atoms with Gasteiger partial charge in [0.15, 0.2) is 0 Å². The van der Waals surface area contributed by atoms with Crippen LogP contribution in [0, 0.1) is 5.82 Å². The van der Waals surface area contributed by atoms with E-state index in [1.807, 2.05) is 36.2 Å². The van der Waals surface area contributed by atoms with E-state index in [4.69, 9.17) is 10.5 Å². The summed E-state index contributed by atoms with van der Waals surface area (Å²) in [7, 11) is 3.49. The highest BCUT2D eigenvalue weighted by Crippen LogP contribution is 2.30. The van der Waals surface area contributed by atoms with Crippen LogP contribution in [0.3, 0.4) is 0 Å². The average molecular weight is 246 g/mol. The Bertz CT molecular complexity index is 557. The molecule has 0 radical (unpaired) electrons. The molecule has 0 heterocycles. The summed E-state index contributed by atoms with van der Waals surface area (Å²) in [5, 5.41) is 0. The third-order valence-electron chi connectivity index (χ3n) is 2.79. The van der Waals surface area contributed by atoms with Crippen LogP contribution in [-0.4, -0.2) is 14.2 Å². The number of anilines is 3. The van der Waals surface area contributed by atoms with Crippen LogP contribution in [0.2, 0.25) is 0 Å². The van der Waals surface area contributed by atoms with Crippen LogP contribution >= 0.6 is 0 Å². The highest BCUT2D eigenvalue weighted by atomic mass is 19.1. The molecule has 0 aliphatic heterocycles. The van der Waals surface area contributed by atoms with Crippen molar-refractivity contribution in [2.75, 3.05) is 24.8 Å². The molecule has 0 aliphatic rings. The number of ether oxygens (including phenoxy) is 1. The molecule has 4 heteroatoms. The second-order valence-corrected chi connectivity index (χ2v) is 3.96. The Morgan fingerprint density at radius 3 is 2.61 bits per heavy atom. The minimum absolute atomic E-state index is 0.338. The van der Waals surface area contributed by atoms with Gasteiger partial charge in [0.2, 0.25) is 0 Å². The number of methoxy groups -OCH3 is 1. The monoisotopic (exact) mass is 246 g/mol. The van der Waals surface area contributed by atoms with Crippen LogP contribution < -0.4 is 15.4 Å². The minimum Gasteiger partial charge on any atom is -0.497 e. The Labute approximate surface area is 106 Å². The summed E-state index contributed by atoms with van der Waals surface area (Å²) in [6.07, 6.45) is 0. The fraction of sp³-hybridized carbons (Fsp3) is 0.143. The summed E-state index contributed by atoms with van der Waals surface area (Å²) < 4.78 is 18.2. The number of rotatable bonds is 3. The third-order valence-corrected chi connectivity index (χ3v) is 2.79. The first-order chi connectivity index (χ1) is 8.61. The molecule has 2 N–H and O–H groups in total. The second-order valence-electron chi connectivity index (χ2n) is 3.96. The van der Waals surface area contributed by atoms with Crippen LogP contribution in [0.1, 0.15) is 0 Å². The molecular formula is C14H15FN2O. The highest BCUT2D eigenvalue weighted by molar-refractivity contribution is 5.74. The molecule has 0 unspecified atom stereocenters. The number of nitrogen functional groups attached to an aromatic ring is 1. The van der Waals surface area contributed by atoms with Crippen molar-refractivity contribution >= 4 is 17.1 Å². The van der Waals surface area contributed by atoms with Crippen LogP contribution in [0.4, 0.5) is 21.5 Å². The summed E-state index contributed by atoms with van der Waals surface area (Å²) in [5.41, 5.74) is 7.90. The van der Waals surface area contributed by atoms with Gasteiger partial charge in [-0.1, -0.05) is 6.07 Å². The number of hydrogen-bond acceptors (Lipinski definition) is 3. The quantitative estimate of drug-likeness (QED) is 0.845. The molecule has 0 bridgehead atoms. The molecule has 94 valence electrons. The van der Waals surface area contributed by atoms with Crippen molar-refractivity contribution in [3.05, 3.63) is 48.3 Å². The van der Waals surface area contributed by atoms with E-state index in [0.717, 1.165) is 17.1 Å². The Morgan fingerprint density at radius 2 is 1.94 bits per heavy atom. The maximum Gasteiger partial charge on any atom is 0.125 e. The molecule has 18 heavy (non-hydrogen) atoms. The van der Waals surface area contributed by atoms with Gasteiger partial charge in [0.05, 0.1) is 18.5 Å². The Hall–Kier alpha value is -2.23. The molecule has 0 fully saturated rings. The van der Waals surface area contributed by atoms with E-state index in [0.29, 0.717) is 5.69 Å². The number of nitrogens with two attached hydrogens (primary N) is 1. The minimum atomic E-state index is -0.338. The lowest BCUT2D eigenvalue weighted by Crippen LogP contribution is -2.11. The van der Waals surface area contributed by atoms with Crippen LogP contribution in [0.25, 0.3) is 0 Å². The molecule has 2 aromatic carbocycles. The molecule has 0 saturated carbocycles. The molecular weight excluding hydrogens is 231 g/mol. The van der Waals surface area contributed by atoms with E-state index < -0.39 is 0 Å². The normalized spacial score (nSPS) is 10.2. The maximum atomic E-state index is 13.0. The van der Waals surface area contributed by atoms with E-state index in [1.165, 1.54) is 12.1 Å². The van der Waals surface area contributed by atoms with Crippen molar-refractivity contribution in [1.29, 1.82) is 0 Å². The molecule has 2 aromatic rings. The first-order valence-electron chi connectivity index (χ1n) is 5.54. The van der Waals surface area contributed by atoms with E-state index in [1.54, 1.807) is 13.2 Å². The first-order valence-corrected chi connectivity index (χ1v) is 5.54. The van der Waals surface area contributed by atoms with E-state index in [2.05, 4.69) is 0 Å². The molecule has 0 aliphatic carbocycles. The largest absolute Gasteiger partial charge is 0.497 e. The Kier molecular flexibility index (Phi) is 3.37. The van der Waals surface area contributed by atoms with Crippen molar-refractivity contribution in [1.82, 2.24) is 0 Å². The second kappa shape index (κ2) is 4.96. The van der Waals surface area contributed by atoms with E-state index >= 15 is 0 Å². The molecule has 0 amide bonds. The van der Waals surface area contributed by atoms with Crippen LogP contribution in [0.15, 0.2) is 42.5 Å². The summed E-state index contributed by atoms with van der Waals surface area (Å²) in [6.45, 7) is 0. The fourth-order valence-electron chi connectivity index (χ4n) is 1.79. The summed E-state index contributed by atoms with van der Waals surface area (Å²) in [4.78, 5) is 1.89. The Morgan fingerprint density at radius 1 is 1.17 bits per heavy atom. The molecule has 0 saturated heterocycles. The average Bonchev–Trinajstić information content (AvgIpc) is 2.38. The summed E-state index contributed by atoms with van der Waals surface area (Å²) in [5.74, 6) is 0.426. The number of halogens is 1. The van der Waals surface area contributed by atoms with Gasteiger partial charge in [-0.3, -0.25) is 0 Å². The van der Waals surface area contributed by atoms with Gasteiger partial charge in [-0.25, -0.2) is 4.39 Å². The van der Waals surface area contributed by atoms with Gasteiger partial charge in [0.25, 0.3) is 0 Å². The maximum absolute atomic E-state index is 13.0. The standard InChI is InChI=1S/C14H15FN2O/c1-17(11-4-3-5-12(9-11)18-2)14-7-6-10(15)8-13(14)16/h3-9H,16H2,1-2H3. The first kappa shape index (κ1) is 12.2. The van der Waals surface area contributed by atoms with Gasteiger partial charge in [-0.2, -0.15) is 0 Å². The number of benzene rings is 2. The van der Waals surface area contributed by atoms with Crippen LogP contribution in [-0.2, 0) is 0 Å². The highest BCUT2D eigenvalue weighted by Gasteiger charge is 2.09. The van der Waals surface area contributed by atoms with Gasteiger partial charge in [-0.15, -0.1) is 0 Å². The van der Waals surface area contributed by atoms with Crippen molar-refractivity contribution in [3.8, 4) is 5.75 Å². The van der Waals surface area contributed by atoms with Gasteiger partial charge in [0.1, 0.15) is 11.6 Å². The molecule has 0 atom stereocenters. The zero-order valence-electron chi connectivity index (χ0n) is 10.4. The van der Waals surface area contributed by atoms with Crippen molar-refractivity contribution in [2.45, 2.75) is 0 Å². The molecule has 2 rings (SSSR count). The third kappa shape index (κ3) is 2.37. The van der Waals surface area contributed by atoms with Gasteiger partial charge in [-0.05, 0) is 30.3 Å². The predicted octanol–water partition coefficient (Wildman–Crippen LogP) is 3.18. The zero-order chi connectivity index (χ0) is 13.1. The summed E-state index contributed by atoms with van der Waals surface area (Å²) >= 11 is 0. The van der Waals surface area contributed by atoms with Crippen molar-refractivity contribution in [3.63, 3.8) is 0 Å². The number of nitrogens with zero attached hydrogens (tertiary/aromatic N) is 1. The van der Waals surface area contributed by atoms with E-state index in [9.17, 15) is 4.39 Å². The van der Waals surface area contributed by atoms with Crippen LogP contribution in [0.5, 0.6) is 5.75 Å². The van der Waals surface area contributed by atoms with Gasteiger partial charge < -0.3 is 15.4 Å². The van der Waals surface area contributed by atoms with Crippen molar-refractivity contribution in [2.24, 2.45) is 0 Å². The SMILES string of the molecule is COc1cccc(N(C)c2ccc(F)cc2N)c1. The summed E-state index contributed by atoms with van der Waals surface area (Å²) in [6, 6.07) is 11.9. The topological polar surface area (TPSA) is 38.5 Å². The molecule has 0 aromatic heterocycles.